The molecule has 1 rings (SSSR count). The van der Waals surface area contributed by atoms with Gasteiger partial charge in [0.2, 0.25) is 0 Å². The molecule has 0 aliphatic heterocycles. The van der Waals surface area contributed by atoms with Crippen LogP contribution in [0.2, 0.25) is 0 Å². The summed E-state index contributed by atoms with van der Waals surface area (Å²) in [5.41, 5.74) is 0.148. The molecule has 0 spiro atoms. The third-order valence-corrected chi connectivity index (χ3v) is 2.02. The summed E-state index contributed by atoms with van der Waals surface area (Å²) in [6, 6.07) is 2.83. The van der Waals surface area contributed by atoms with Gasteiger partial charge in [0.25, 0.3) is 0 Å². The van der Waals surface area contributed by atoms with E-state index in [4.69, 9.17) is 5.26 Å². The van der Waals surface area contributed by atoms with E-state index in [1.165, 1.54) is 0 Å². The molecule has 1 aromatic rings. The highest BCUT2D eigenvalue weighted by atomic mass is 32.1. The van der Waals surface area contributed by atoms with Crippen LogP contribution in [0, 0.1) is 21.9 Å². The first-order valence-corrected chi connectivity index (χ1v) is 3.52. The maximum absolute atomic E-state index is 12.5. The Balaban J connectivity index is 3.52. The molecule has 0 aliphatic carbocycles. The second-order valence-corrected chi connectivity index (χ2v) is 2.68. The molecule has 0 aromatic carbocycles. The van der Waals surface area contributed by atoms with Gasteiger partial charge in [0.1, 0.15) is 10.7 Å². The second kappa shape index (κ2) is 3.03. The number of hydrogen-bond acceptors (Lipinski definition) is 3. The van der Waals surface area contributed by atoms with Crippen molar-refractivity contribution in [2.24, 2.45) is 0 Å². The number of H-pyrrole nitrogens is 1. The normalized spacial score (nSPS) is 9.18. The maximum Gasteiger partial charge on any atom is 0.193 e. The van der Waals surface area contributed by atoms with Gasteiger partial charge in [-0.05, 0) is 0 Å². The molecule has 11 heavy (non-hydrogen) atoms. The molecule has 2 nitrogen and oxygen atoms in total. The largest absolute Gasteiger partial charge is 0.322 e. The Morgan fingerprint density at radius 2 is 2.36 bits per heavy atom. The Kier molecular flexibility index (Phi) is 2.27. The molecule has 0 bridgehead atoms. The molecule has 0 radical (unpaired) electrons. The summed E-state index contributed by atoms with van der Waals surface area (Å²) in [5.74, 6) is -0.621. The van der Waals surface area contributed by atoms with Crippen LogP contribution >= 0.6 is 24.8 Å². The van der Waals surface area contributed by atoms with Crippen LogP contribution in [-0.4, -0.2) is 4.98 Å². The summed E-state index contributed by atoms with van der Waals surface area (Å²) in [6.45, 7) is 0. The molecular weight excluding hydrogens is 183 g/mol. The summed E-state index contributed by atoms with van der Waals surface area (Å²) in [4.78, 5) is 2.54. The monoisotopic (exact) mass is 186 g/mol. The highest BCUT2D eigenvalue weighted by Crippen LogP contribution is 2.13. The highest BCUT2D eigenvalue weighted by molar-refractivity contribution is 7.81. The van der Waals surface area contributed by atoms with Gasteiger partial charge >= 0.3 is 0 Å². The zero-order valence-corrected chi connectivity index (χ0v) is 6.97. The van der Waals surface area contributed by atoms with Gasteiger partial charge in [-0.1, -0.05) is 12.2 Å². The van der Waals surface area contributed by atoms with E-state index in [1.807, 2.05) is 0 Å². The molecule has 1 N–H and O–H groups in total. The summed E-state index contributed by atoms with van der Waals surface area (Å²) in [7, 11) is 0. The lowest BCUT2D eigenvalue weighted by Crippen LogP contribution is -1.88. The smallest absolute Gasteiger partial charge is 0.193 e. The molecule has 0 unspecified atom stereocenters. The number of hydrogen-bond donors (Lipinski definition) is 2. The molecule has 5 heteroatoms. The predicted octanol–water partition coefficient (Wildman–Crippen LogP) is 2.04. The number of nitriles is 1. The fourth-order valence-electron chi connectivity index (χ4n) is 0.606. The average molecular weight is 186 g/mol. The predicted molar refractivity (Wildman–Crippen MR) is 43.6 cm³/mol. The number of rotatable bonds is 0. The Labute approximate surface area is 73.1 Å². The minimum atomic E-state index is -0.621. The lowest BCUT2D eigenvalue weighted by Gasteiger charge is -1.95. The molecule has 0 saturated carbocycles. The van der Waals surface area contributed by atoms with Gasteiger partial charge in [0.05, 0.1) is 10.5 Å². The van der Waals surface area contributed by atoms with Crippen LogP contribution in [-0.2, 0) is 0 Å². The maximum atomic E-state index is 12.5. The van der Waals surface area contributed by atoms with E-state index in [1.54, 1.807) is 6.07 Å². The summed E-state index contributed by atoms with van der Waals surface area (Å²) < 4.78 is 12.6. The second-order valence-electron chi connectivity index (χ2n) is 1.82. The van der Waals surface area contributed by atoms with Crippen molar-refractivity contribution in [1.82, 2.24) is 4.98 Å². The van der Waals surface area contributed by atoms with E-state index in [0.717, 1.165) is 6.07 Å². The van der Waals surface area contributed by atoms with E-state index >= 15 is 0 Å². The van der Waals surface area contributed by atoms with E-state index in [2.05, 4.69) is 29.8 Å². The molecule has 0 fully saturated rings. The molecule has 0 amide bonds. The van der Waals surface area contributed by atoms with Crippen molar-refractivity contribution in [2.75, 3.05) is 0 Å². The van der Waals surface area contributed by atoms with Gasteiger partial charge in [-0.2, -0.15) is 9.65 Å². The SMILES string of the molecule is N#Cc1cc(F)[nH]c(=S)c1S. The van der Waals surface area contributed by atoms with Gasteiger partial charge in [0, 0.05) is 6.07 Å². The third-order valence-electron chi connectivity index (χ3n) is 1.09. The van der Waals surface area contributed by atoms with E-state index in [-0.39, 0.29) is 10.2 Å². The number of aromatic nitrogens is 1. The van der Waals surface area contributed by atoms with Crippen molar-refractivity contribution < 1.29 is 4.39 Å². The van der Waals surface area contributed by atoms with E-state index in [0.29, 0.717) is 4.90 Å². The highest BCUT2D eigenvalue weighted by Gasteiger charge is 2.01. The number of halogens is 1. The van der Waals surface area contributed by atoms with Crippen LogP contribution in [0.25, 0.3) is 0 Å². The topological polar surface area (TPSA) is 39.6 Å². The fourth-order valence-corrected chi connectivity index (χ4v) is 0.984. The molecule has 1 aromatic heterocycles. The van der Waals surface area contributed by atoms with E-state index in [9.17, 15) is 4.39 Å². The molecule has 0 aliphatic rings. The van der Waals surface area contributed by atoms with Gasteiger partial charge in [0.15, 0.2) is 5.95 Å². The Hall–Kier alpha value is -0.860. The number of pyridine rings is 1. The van der Waals surface area contributed by atoms with Crippen LogP contribution in [0.15, 0.2) is 11.0 Å². The van der Waals surface area contributed by atoms with Crippen LogP contribution in [0.4, 0.5) is 4.39 Å². The zero-order chi connectivity index (χ0) is 8.43. The first-order chi connectivity index (χ1) is 5.15. The Morgan fingerprint density at radius 3 is 2.91 bits per heavy atom. The van der Waals surface area contributed by atoms with Crippen LogP contribution in [0.5, 0.6) is 0 Å². The van der Waals surface area contributed by atoms with Crippen molar-refractivity contribution in [1.29, 1.82) is 5.26 Å². The van der Waals surface area contributed by atoms with Crippen molar-refractivity contribution in [3.05, 3.63) is 22.2 Å². The average Bonchev–Trinajstić information content (AvgIpc) is 1.96. The van der Waals surface area contributed by atoms with Crippen molar-refractivity contribution in [2.45, 2.75) is 4.90 Å². The number of thiol groups is 1. The quantitative estimate of drug-likeness (QED) is 0.370. The lowest BCUT2D eigenvalue weighted by molar-refractivity contribution is 0.578. The van der Waals surface area contributed by atoms with Crippen LogP contribution in [0.3, 0.4) is 0 Å². The van der Waals surface area contributed by atoms with Crippen molar-refractivity contribution in [3.63, 3.8) is 0 Å². The summed E-state index contributed by atoms with van der Waals surface area (Å²) in [6.07, 6.45) is 0. The minimum absolute atomic E-state index is 0.143. The minimum Gasteiger partial charge on any atom is -0.322 e. The summed E-state index contributed by atoms with van der Waals surface area (Å²) >= 11 is 8.59. The van der Waals surface area contributed by atoms with Gasteiger partial charge in [-0.25, -0.2) is 0 Å². The number of nitrogens with one attached hydrogen (secondary N) is 1. The molecule has 56 valence electrons. The molecular formula is C6H3FN2S2. The zero-order valence-electron chi connectivity index (χ0n) is 5.26. The molecule has 1 heterocycles. The van der Waals surface area contributed by atoms with Crippen molar-refractivity contribution in [3.8, 4) is 6.07 Å². The third kappa shape index (κ3) is 1.59. The van der Waals surface area contributed by atoms with Gasteiger partial charge in [-0.3, -0.25) is 0 Å². The first-order valence-electron chi connectivity index (χ1n) is 2.67. The fraction of sp³-hybridized carbons (Fsp3) is 0. The first kappa shape index (κ1) is 8.24. The number of nitrogens with zero attached hydrogens (tertiary/aromatic N) is 1. The van der Waals surface area contributed by atoms with Gasteiger partial charge < -0.3 is 4.98 Å². The standard InChI is InChI=1S/C6H3FN2S2/c7-4-1-3(2-8)5(10)6(11)9-4/h1,10H,(H,9,11). The van der Waals surface area contributed by atoms with Gasteiger partial charge in [-0.15, -0.1) is 12.6 Å². The molecule has 0 saturated heterocycles. The van der Waals surface area contributed by atoms with Crippen LogP contribution < -0.4 is 0 Å². The lowest BCUT2D eigenvalue weighted by atomic mass is 10.3. The molecule has 0 atom stereocenters. The Morgan fingerprint density at radius 1 is 1.73 bits per heavy atom. The van der Waals surface area contributed by atoms with E-state index < -0.39 is 5.95 Å². The Bertz CT molecular complexity index is 377. The van der Waals surface area contributed by atoms with Crippen LogP contribution in [0.1, 0.15) is 5.56 Å². The summed E-state index contributed by atoms with van der Waals surface area (Å²) in [5, 5.41) is 8.44. The van der Waals surface area contributed by atoms with Crippen molar-refractivity contribution >= 4 is 24.8 Å². The number of aromatic amines is 1.